The number of carbonyl (C=O) groups excluding carboxylic acids is 1. The summed E-state index contributed by atoms with van der Waals surface area (Å²) < 4.78 is 1.52. The summed E-state index contributed by atoms with van der Waals surface area (Å²) >= 11 is 1.27. The number of nitrogens with zero attached hydrogens (tertiary/aromatic N) is 3. The van der Waals surface area contributed by atoms with Gasteiger partial charge in [0.1, 0.15) is 0 Å². The van der Waals surface area contributed by atoms with Crippen LogP contribution in [0.25, 0.3) is 17.0 Å². The summed E-state index contributed by atoms with van der Waals surface area (Å²) in [7, 11) is 0. The van der Waals surface area contributed by atoms with Crippen LogP contribution in [-0.2, 0) is 4.79 Å². The molecule has 1 amide bonds. The van der Waals surface area contributed by atoms with Crippen molar-refractivity contribution >= 4 is 23.3 Å². The molecular weight excluding hydrogens is 362 g/mol. The first kappa shape index (κ1) is 19.2. The molecule has 0 aliphatic carbocycles. The molecule has 3 aromatic rings. The average molecular weight is 385 g/mol. The number of rotatable bonds is 7. The van der Waals surface area contributed by atoms with Crippen LogP contribution in [0.15, 0.2) is 40.3 Å². The van der Waals surface area contributed by atoms with E-state index in [1.807, 2.05) is 31.2 Å². The van der Waals surface area contributed by atoms with E-state index in [-0.39, 0.29) is 17.2 Å². The Bertz CT molecular complexity index is 1010. The van der Waals surface area contributed by atoms with Gasteiger partial charge in [-0.2, -0.15) is 0 Å². The molecule has 2 aromatic heterocycles. The number of H-pyrrole nitrogens is 1. The predicted molar refractivity (Wildman–Crippen MR) is 107 cm³/mol. The van der Waals surface area contributed by atoms with Crippen LogP contribution in [0, 0.1) is 12.8 Å². The standard InChI is InChI=1S/C19H23N5O2S/c1-12(2)8-9-20-17(26)11-27-19-22-18(14-7-5-4-6-13(14)3)21-15-10-16(25)23-24(15)19/h4-7,10,12H,8-9,11H2,1-3H3,(H,20,26)(H,23,25). The van der Waals surface area contributed by atoms with Crippen molar-refractivity contribution in [1.29, 1.82) is 0 Å². The van der Waals surface area contributed by atoms with Gasteiger partial charge in [-0.3, -0.25) is 14.7 Å². The maximum Gasteiger partial charge on any atom is 0.266 e. The van der Waals surface area contributed by atoms with Crippen molar-refractivity contribution < 1.29 is 4.79 Å². The van der Waals surface area contributed by atoms with Gasteiger partial charge in [0.05, 0.1) is 5.75 Å². The molecule has 0 bridgehead atoms. The third kappa shape index (κ3) is 4.77. The quantitative estimate of drug-likeness (QED) is 0.610. The fraction of sp³-hybridized carbons (Fsp3) is 0.368. The molecule has 0 aliphatic rings. The van der Waals surface area contributed by atoms with Gasteiger partial charge in [-0.15, -0.1) is 0 Å². The van der Waals surface area contributed by atoms with E-state index in [4.69, 9.17) is 0 Å². The van der Waals surface area contributed by atoms with Crippen LogP contribution in [0.3, 0.4) is 0 Å². The molecule has 0 radical (unpaired) electrons. The lowest BCUT2D eigenvalue weighted by Gasteiger charge is -2.09. The minimum absolute atomic E-state index is 0.0562. The second kappa shape index (κ2) is 8.39. The number of aryl methyl sites for hydroxylation is 1. The zero-order valence-corrected chi connectivity index (χ0v) is 16.5. The number of benzene rings is 1. The van der Waals surface area contributed by atoms with Crippen molar-refractivity contribution in [3.8, 4) is 11.4 Å². The number of nitrogens with one attached hydrogen (secondary N) is 2. The molecule has 0 aliphatic heterocycles. The molecule has 0 unspecified atom stereocenters. The lowest BCUT2D eigenvalue weighted by atomic mass is 10.1. The number of aromatic amines is 1. The largest absolute Gasteiger partial charge is 0.355 e. The van der Waals surface area contributed by atoms with Crippen molar-refractivity contribution in [2.24, 2.45) is 5.92 Å². The number of fused-ring (bicyclic) bond motifs is 1. The molecule has 7 nitrogen and oxygen atoms in total. The minimum Gasteiger partial charge on any atom is -0.355 e. The van der Waals surface area contributed by atoms with Crippen molar-refractivity contribution in [2.75, 3.05) is 12.3 Å². The summed E-state index contributed by atoms with van der Waals surface area (Å²) in [5.41, 5.74) is 2.17. The molecule has 2 N–H and O–H groups in total. The van der Waals surface area contributed by atoms with Gasteiger partial charge in [0.2, 0.25) is 5.91 Å². The molecule has 0 saturated carbocycles. The molecule has 0 fully saturated rings. The topological polar surface area (TPSA) is 92.2 Å². The number of amides is 1. The van der Waals surface area contributed by atoms with E-state index in [1.165, 1.54) is 22.3 Å². The summed E-state index contributed by atoms with van der Waals surface area (Å²) in [6, 6.07) is 9.24. The lowest BCUT2D eigenvalue weighted by molar-refractivity contribution is -0.118. The van der Waals surface area contributed by atoms with E-state index in [2.05, 4.69) is 34.2 Å². The van der Waals surface area contributed by atoms with Gasteiger partial charge in [-0.1, -0.05) is 49.9 Å². The van der Waals surface area contributed by atoms with Gasteiger partial charge in [0, 0.05) is 18.2 Å². The molecule has 0 atom stereocenters. The van der Waals surface area contributed by atoms with Gasteiger partial charge >= 0.3 is 0 Å². The minimum atomic E-state index is -0.255. The molecule has 1 aromatic carbocycles. The zero-order chi connectivity index (χ0) is 19.4. The van der Waals surface area contributed by atoms with E-state index >= 15 is 0 Å². The molecule has 3 rings (SSSR count). The van der Waals surface area contributed by atoms with Gasteiger partial charge in [0.15, 0.2) is 16.6 Å². The van der Waals surface area contributed by atoms with Crippen LogP contribution in [0.5, 0.6) is 0 Å². The molecule has 27 heavy (non-hydrogen) atoms. The highest BCUT2D eigenvalue weighted by atomic mass is 32.2. The van der Waals surface area contributed by atoms with Crippen molar-refractivity contribution in [3.05, 3.63) is 46.2 Å². The van der Waals surface area contributed by atoms with Crippen LogP contribution >= 0.6 is 11.8 Å². The summed E-state index contributed by atoms with van der Waals surface area (Å²) in [5, 5.41) is 6.12. The Kier molecular flexibility index (Phi) is 5.95. The lowest BCUT2D eigenvalue weighted by Crippen LogP contribution is -2.27. The first-order valence-corrected chi connectivity index (χ1v) is 9.88. The highest BCUT2D eigenvalue weighted by molar-refractivity contribution is 7.99. The predicted octanol–water partition coefficient (Wildman–Crippen LogP) is 2.65. The summed E-state index contributed by atoms with van der Waals surface area (Å²) in [6.07, 6.45) is 0.941. The second-order valence-corrected chi connectivity index (χ2v) is 7.72. The highest BCUT2D eigenvalue weighted by Gasteiger charge is 2.14. The second-order valence-electron chi connectivity index (χ2n) is 6.78. The number of carbonyl (C=O) groups is 1. The third-order valence-corrected chi connectivity index (χ3v) is 5.03. The van der Waals surface area contributed by atoms with Gasteiger partial charge < -0.3 is 5.32 Å². The van der Waals surface area contributed by atoms with Gasteiger partial charge in [0.25, 0.3) is 5.56 Å². The van der Waals surface area contributed by atoms with Crippen LogP contribution in [0.4, 0.5) is 0 Å². The fourth-order valence-electron chi connectivity index (χ4n) is 2.61. The number of hydrogen-bond donors (Lipinski definition) is 2. The van der Waals surface area contributed by atoms with Crippen molar-refractivity contribution in [2.45, 2.75) is 32.3 Å². The fourth-order valence-corrected chi connectivity index (χ4v) is 3.39. The number of hydrogen-bond acceptors (Lipinski definition) is 5. The first-order chi connectivity index (χ1) is 12.9. The van der Waals surface area contributed by atoms with E-state index in [0.717, 1.165) is 17.5 Å². The SMILES string of the molecule is Cc1ccccc1-c1nc(SCC(=O)NCCC(C)C)n2[nH]c(=O)cc2n1. The maximum absolute atomic E-state index is 12.1. The van der Waals surface area contributed by atoms with Crippen LogP contribution < -0.4 is 10.9 Å². The Morgan fingerprint density at radius 3 is 2.81 bits per heavy atom. The van der Waals surface area contributed by atoms with Gasteiger partial charge in [-0.25, -0.2) is 14.5 Å². The van der Waals surface area contributed by atoms with E-state index in [9.17, 15) is 9.59 Å². The first-order valence-electron chi connectivity index (χ1n) is 8.89. The smallest absolute Gasteiger partial charge is 0.266 e. The number of aromatic nitrogens is 4. The Morgan fingerprint density at radius 1 is 1.30 bits per heavy atom. The Morgan fingerprint density at radius 2 is 2.07 bits per heavy atom. The summed E-state index contributed by atoms with van der Waals surface area (Å²) in [4.78, 5) is 32.9. The summed E-state index contributed by atoms with van der Waals surface area (Å²) in [6.45, 7) is 6.88. The van der Waals surface area contributed by atoms with E-state index < -0.39 is 0 Å². The van der Waals surface area contributed by atoms with Crippen LogP contribution in [0.2, 0.25) is 0 Å². The molecular formula is C19H23N5O2S. The van der Waals surface area contributed by atoms with Crippen LogP contribution in [0.1, 0.15) is 25.8 Å². The Balaban J connectivity index is 1.84. The molecule has 0 saturated heterocycles. The summed E-state index contributed by atoms with van der Waals surface area (Å²) in [5.74, 6) is 1.24. The van der Waals surface area contributed by atoms with Gasteiger partial charge in [-0.05, 0) is 24.8 Å². The maximum atomic E-state index is 12.1. The number of thioether (sulfide) groups is 1. The van der Waals surface area contributed by atoms with Crippen molar-refractivity contribution in [3.63, 3.8) is 0 Å². The molecule has 142 valence electrons. The highest BCUT2D eigenvalue weighted by Crippen LogP contribution is 2.23. The van der Waals surface area contributed by atoms with Crippen LogP contribution in [-0.4, -0.2) is 37.8 Å². The van der Waals surface area contributed by atoms with E-state index in [0.29, 0.717) is 29.1 Å². The Hall–Kier alpha value is -2.61. The normalized spacial score (nSPS) is 11.3. The van der Waals surface area contributed by atoms with Crippen molar-refractivity contribution in [1.82, 2.24) is 24.9 Å². The molecule has 2 heterocycles. The Labute approximate surface area is 161 Å². The molecule has 0 spiro atoms. The monoisotopic (exact) mass is 385 g/mol. The average Bonchev–Trinajstić information content (AvgIpc) is 3.00. The molecule has 8 heteroatoms. The van der Waals surface area contributed by atoms with E-state index in [1.54, 1.807) is 0 Å². The zero-order valence-electron chi connectivity index (χ0n) is 15.7. The third-order valence-electron chi connectivity index (χ3n) is 4.09.